The Labute approximate surface area is 251 Å². The molecular weight excluding hydrogens is 559 g/mol. The van der Waals surface area contributed by atoms with Crippen molar-refractivity contribution in [1.29, 1.82) is 0 Å². The second kappa shape index (κ2) is 13.5. The van der Waals surface area contributed by atoms with Crippen molar-refractivity contribution >= 4 is 28.9 Å². The van der Waals surface area contributed by atoms with E-state index in [1.54, 1.807) is 19.5 Å². The van der Waals surface area contributed by atoms with Gasteiger partial charge in [-0.2, -0.15) is 0 Å². The first kappa shape index (κ1) is 29.7. The highest BCUT2D eigenvalue weighted by molar-refractivity contribution is 6.33. The molecule has 1 aromatic heterocycles. The molecule has 2 aromatic carbocycles. The van der Waals surface area contributed by atoms with E-state index in [1.165, 1.54) is 20.3 Å². The average Bonchev–Trinajstić information content (AvgIpc) is 3.02. The minimum atomic E-state index is -0.660. The van der Waals surface area contributed by atoms with Gasteiger partial charge in [0.15, 0.2) is 11.6 Å². The highest BCUT2D eigenvalue weighted by Gasteiger charge is 2.27. The van der Waals surface area contributed by atoms with Gasteiger partial charge in [-0.05, 0) is 32.0 Å². The van der Waals surface area contributed by atoms with Crippen molar-refractivity contribution in [2.45, 2.75) is 18.9 Å². The number of hydrogen-bond acceptors (Lipinski definition) is 9. The molecule has 0 radical (unpaired) electrons. The Morgan fingerprint density at radius 2 is 1.55 bits per heavy atom. The van der Waals surface area contributed by atoms with Crippen molar-refractivity contribution in [1.82, 2.24) is 19.8 Å². The van der Waals surface area contributed by atoms with Gasteiger partial charge in [0.2, 0.25) is 5.95 Å². The number of methoxy groups -OCH3 is 3. The van der Waals surface area contributed by atoms with E-state index in [1.807, 2.05) is 12.1 Å². The second-order valence-corrected chi connectivity index (χ2v) is 10.8. The molecule has 3 aromatic rings. The van der Waals surface area contributed by atoms with Gasteiger partial charge in [-0.25, -0.2) is 14.4 Å². The Hall–Kier alpha value is -3.78. The molecule has 0 bridgehead atoms. The van der Waals surface area contributed by atoms with E-state index in [0.29, 0.717) is 17.6 Å². The summed E-state index contributed by atoms with van der Waals surface area (Å²) in [7, 11) is 6.70. The number of benzene rings is 2. The number of halogens is 2. The predicted molar refractivity (Wildman–Crippen MR) is 163 cm³/mol. The Balaban J connectivity index is 1.23. The van der Waals surface area contributed by atoms with E-state index in [4.69, 9.17) is 25.8 Å². The Bertz CT molecular complexity index is 1420. The van der Waals surface area contributed by atoms with Gasteiger partial charge in [-0.15, -0.1) is 0 Å². The van der Waals surface area contributed by atoms with Crippen LogP contribution in [0.5, 0.6) is 17.2 Å². The fourth-order valence-corrected chi connectivity index (χ4v) is 5.65. The number of nitrogens with zero attached hydrogens (tertiary/aromatic N) is 5. The molecule has 5 rings (SSSR count). The summed E-state index contributed by atoms with van der Waals surface area (Å²) in [6, 6.07) is 8.08. The fraction of sp³-hybridized carbons (Fsp3) is 0.419. The van der Waals surface area contributed by atoms with E-state index in [2.05, 4.69) is 54.9 Å². The maximum atomic E-state index is 14.7. The lowest BCUT2D eigenvalue weighted by molar-refractivity contribution is 0.0981. The number of piperazine rings is 1. The maximum absolute atomic E-state index is 14.7. The van der Waals surface area contributed by atoms with E-state index in [0.717, 1.165) is 69.2 Å². The normalized spacial score (nSPS) is 16.5. The fourth-order valence-electron chi connectivity index (χ4n) is 5.39. The van der Waals surface area contributed by atoms with Crippen LogP contribution in [-0.4, -0.2) is 93.5 Å². The molecule has 0 aliphatic carbocycles. The number of likely N-dealkylation sites (N-methyl/N-ethyl adjacent to an activating group) is 1. The third-order valence-electron chi connectivity index (χ3n) is 7.85. The third-order valence-corrected chi connectivity index (χ3v) is 8.23. The van der Waals surface area contributed by atoms with Crippen LogP contribution in [0, 0.1) is 17.7 Å². The Morgan fingerprint density at radius 1 is 0.881 bits per heavy atom. The Kier molecular flexibility index (Phi) is 9.52. The van der Waals surface area contributed by atoms with Gasteiger partial charge in [0.1, 0.15) is 16.5 Å². The Morgan fingerprint density at radius 3 is 2.19 bits per heavy atom. The zero-order valence-corrected chi connectivity index (χ0v) is 25.2. The van der Waals surface area contributed by atoms with Crippen LogP contribution in [0.25, 0.3) is 0 Å². The lowest BCUT2D eigenvalue weighted by atomic mass is 10.0. The van der Waals surface area contributed by atoms with Gasteiger partial charge >= 0.3 is 0 Å². The van der Waals surface area contributed by atoms with Gasteiger partial charge < -0.3 is 29.3 Å². The first-order chi connectivity index (χ1) is 20.4. The summed E-state index contributed by atoms with van der Waals surface area (Å²) in [6.45, 7) is 6.62. The number of aromatic nitrogens is 2. The van der Waals surface area contributed by atoms with Gasteiger partial charge in [0, 0.05) is 75.5 Å². The summed E-state index contributed by atoms with van der Waals surface area (Å²) in [5.74, 6) is 6.40. The summed E-state index contributed by atoms with van der Waals surface area (Å²) < 4.78 is 30.8. The minimum Gasteiger partial charge on any atom is -0.495 e. The van der Waals surface area contributed by atoms with Crippen molar-refractivity contribution in [3.8, 4) is 29.1 Å². The number of rotatable bonds is 7. The topological polar surface area (TPSA) is 75.2 Å². The highest BCUT2D eigenvalue weighted by atomic mass is 35.5. The molecular formula is C31H36ClFN6O3. The van der Waals surface area contributed by atoms with E-state index in [9.17, 15) is 4.39 Å². The van der Waals surface area contributed by atoms with Gasteiger partial charge in [-0.3, -0.25) is 4.90 Å². The van der Waals surface area contributed by atoms with E-state index < -0.39 is 5.82 Å². The molecule has 0 atom stereocenters. The summed E-state index contributed by atoms with van der Waals surface area (Å²) in [4.78, 5) is 16.2. The number of hydrogen-bond donors (Lipinski definition) is 1. The molecule has 2 aliphatic heterocycles. The molecule has 2 fully saturated rings. The number of ether oxygens (including phenoxy) is 3. The first-order valence-electron chi connectivity index (χ1n) is 14.0. The molecule has 42 heavy (non-hydrogen) atoms. The number of piperidine rings is 1. The molecule has 0 saturated carbocycles. The van der Waals surface area contributed by atoms with Crippen LogP contribution in [0.15, 0.2) is 36.7 Å². The quantitative estimate of drug-likeness (QED) is 0.393. The third kappa shape index (κ3) is 6.65. The van der Waals surface area contributed by atoms with Crippen LogP contribution in [0.2, 0.25) is 5.02 Å². The van der Waals surface area contributed by atoms with Crippen LogP contribution >= 0.6 is 11.6 Å². The lowest BCUT2D eigenvalue weighted by Gasteiger charge is -2.42. The number of nitrogens with one attached hydrogen (secondary N) is 1. The molecule has 0 amide bonds. The molecule has 9 nitrogen and oxygen atoms in total. The van der Waals surface area contributed by atoms with Crippen molar-refractivity contribution in [3.63, 3.8) is 0 Å². The van der Waals surface area contributed by atoms with Gasteiger partial charge in [0.25, 0.3) is 0 Å². The van der Waals surface area contributed by atoms with Crippen LogP contribution in [0.4, 0.5) is 21.7 Å². The maximum Gasteiger partial charge on any atom is 0.227 e. The summed E-state index contributed by atoms with van der Waals surface area (Å²) in [5.41, 5.74) is 2.36. The van der Waals surface area contributed by atoms with E-state index >= 15 is 0 Å². The summed E-state index contributed by atoms with van der Waals surface area (Å²) in [6.07, 6.45) is 5.42. The first-order valence-corrected chi connectivity index (χ1v) is 14.3. The van der Waals surface area contributed by atoms with Crippen LogP contribution < -0.4 is 24.4 Å². The predicted octanol–water partition coefficient (Wildman–Crippen LogP) is 4.65. The number of anilines is 3. The zero-order valence-electron chi connectivity index (χ0n) is 24.4. The van der Waals surface area contributed by atoms with Crippen LogP contribution in [0.1, 0.15) is 24.0 Å². The molecule has 11 heteroatoms. The smallest absolute Gasteiger partial charge is 0.227 e. The van der Waals surface area contributed by atoms with Crippen molar-refractivity contribution in [2.24, 2.45) is 0 Å². The second-order valence-electron chi connectivity index (χ2n) is 10.4. The summed E-state index contributed by atoms with van der Waals surface area (Å²) >= 11 is 6.27. The van der Waals surface area contributed by atoms with Crippen LogP contribution in [0.3, 0.4) is 0 Å². The minimum absolute atomic E-state index is 0.00654. The van der Waals surface area contributed by atoms with Crippen LogP contribution in [-0.2, 0) is 0 Å². The molecule has 3 heterocycles. The van der Waals surface area contributed by atoms with Crippen molar-refractivity contribution in [2.75, 3.05) is 77.9 Å². The standard InChI is InChI=1S/C31H36ClFN6O3/c1-37-13-15-38(16-14-37)23-9-11-39(12-10-23)25-8-6-22(17-26(25)40-2)36-31-34-19-21(20-35-31)5-7-24-29(32)27(41-3)18-28(42-4)30(24)33/h6,8,17-20,23H,9-16H2,1-4H3,(H,34,35,36). The SMILES string of the molecule is COc1cc(Nc2ncc(C#Cc3c(F)c(OC)cc(OC)c3Cl)cn2)ccc1N1CCC(N2CCN(C)CC2)CC1. The van der Waals surface area contributed by atoms with Crippen molar-refractivity contribution < 1.29 is 18.6 Å². The molecule has 222 valence electrons. The largest absolute Gasteiger partial charge is 0.495 e. The van der Waals surface area contributed by atoms with Gasteiger partial charge in [-0.1, -0.05) is 23.4 Å². The monoisotopic (exact) mass is 594 g/mol. The molecule has 2 aliphatic rings. The van der Waals surface area contributed by atoms with Gasteiger partial charge in [0.05, 0.1) is 38.1 Å². The average molecular weight is 595 g/mol. The molecule has 2 saturated heterocycles. The lowest BCUT2D eigenvalue weighted by Crippen LogP contribution is -2.52. The van der Waals surface area contributed by atoms with E-state index in [-0.39, 0.29) is 22.1 Å². The van der Waals surface area contributed by atoms with Crippen molar-refractivity contribution in [3.05, 3.63) is 58.6 Å². The summed E-state index contributed by atoms with van der Waals surface area (Å²) in [5, 5.41) is 3.29. The molecule has 1 N–H and O–H groups in total. The zero-order chi connectivity index (χ0) is 29.6. The highest BCUT2D eigenvalue weighted by Crippen LogP contribution is 2.36. The molecule has 0 spiro atoms. The molecule has 0 unspecified atom stereocenters.